The third-order valence-electron chi connectivity index (χ3n) is 3.57. The predicted octanol–water partition coefficient (Wildman–Crippen LogP) is 1.57. The number of carboxylic acids is 1. The summed E-state index contributed by atoms with van der Waals surface area (Å²) in [6, 6.07) is 10.3. The monoisotopic (exact) mass is 262 g/mol. The average Bonchev–Trinajstić information content (AvgIpc) is 2.53. The summed E-state index contributed by atoms with van der Waals surface area (Å²) in [6.45, 7) is 5.68. The van der Waals surface area contributed by atoms with Crippen LogP contribution in [0.2, 0.25) is 0 Å². The summed E-state index contributed by atoms with van der Waals surface area (Å²) < 4.78 is 0. The molecule has 0 amide bonds. The summed E-state index contributed by atoms with van der Waals surface area (Å²) in [5, 5.41) is 12.4. The normalized spacial score (nSPS) is 24.9. The van der Waals surface area contributed by atoms with Crippen LogP contribution in [0.1, 0.15) is 18.9 Å². The molecule has 0 aliphatic carbocycles. The van der Waals surface area contributed by atoms with Crippen LogP contribution in [0.5, 0.6) is 0 Å². The molecule has 4 nitrogen and oxygen atoms in total. The van der Waals surface area contributed by atoms with Gasteiger partial charge >= 0.3 is 5.97 Å². The van der Waals surface area contributed by atoms with Gasteiger partial charge in [-0.3, -0.25) is 9.69 Å². The number of rotatable bonds is 4. The molecule has 0 bridgehead atoms. The van der Waals surface area contributed by atoms with Crippen molar-refractivity contribution in [2.45, 2.75) is 25.9 Å². The van der Waals surface area contributed by atoms with Crippen LogP contribution in [0, 0.1) is 5.92 Å². The fraction of sp³-hybridized carbons (Fsp3) is 0.533. The molecule has 2 rings (SSSR count). The van der Waals surface area contributed by atoms with Crippen molar-refractivity contribution in [3.05, 3.63) is 35.9 Å². The van der Waals surface area contributed by atoms with Gasteiger partial charge in [0.05, 0.1) is 6.42 Å². The molecule has 1 aliphatic rings. The lowest BCUT2D eigenvalue weighted by molar-refractivity contribution is -0.138. The van der Waals surface area contributed by atoms with Gasteiger partial charge in [0.1, 0.15) is 0 Å². The van der Waals surface area contributed by atoms with Crippen LogP contribution < -0.4 is 5.32 Å². The molecule has 2 N–H and O–H groups in total. The summed E-state index contributed by atoms with van der Waals surface area (Å²) in [4.78, 5) is 13.3. The van der Waals surface area contributed by atoms with Gasteiger partial charge in [0.2, 0.25) is 0 Å². The Labute approximate surface area is 114 Å². The summed E-state index contributed by atoms with van der Waals surface area (Å²) in [7, 11) is 0. The number of carbonyl (C=O) groups is 1. The van der Waals surface area contributed by atoms with Crippen LogP contribution in [0.25, 0.3) is 0 Å². The van der Waals surface area contributed by atoms with E-state index < -0.39 is 5.97 Å². The minimum absolute atomic E-state index is 0.0719. The van der Waals surface area contributed by atoms with Crippen molar-refractivity contribution in [1.82, 2.24) is 10.2 Å². The molecule has 2 unspecified atom stereocenters. The molecule has 2 atom stereocenters. The van der Waals surface area contributed by atoms with Crippen molar-refractivity contribution in [3.8, 4) is 0 Å². The van der Waals surface area contributed by atoms with E-state index in [4.69, 9.17) is 5.11 Å². The number of carboxylic acid groups (broad SMARTS) is 1. The molecule has 19 heavy (non-hydrogen) atoms. The van der Waals surface area contributed by atoms with E-state index in [9.17, 15) is 4.79 Å². The maximum absolute atomic E-state index is 11.0. The molecule has 1 saturated heterocycles. The minimum atomic E-state index is -0.723. The van der Waals surface area contributed by atoms with E-state index in [1.54, 1.807) is 0 Å². The fourth-order valence-electron chi connectivity index (χ4n) is 2.65. The second-order valence-electron chi connectivity index (χ2n) is 5.43. The second-order valence-corrected chi connectivity index (χ2v) is 5.43. The van der Waals surface area contributed by atoms with Crippen LogP contribution in [0.15, 0.2) is 30.3 Å². The number of aliphatic carboxylic acids is 1. The largest absolute Gasteiger partial charge is 0.481 e. The topological polar surface area (TPSA) is 52.6 Å². The summed E-state index contributed by atoms with van der Waals surface area (Å²) >= 11 is 0. The van der Waals surface area contributed by atoms with Crippen molar-refractivity contribution < 1.29 is 9.90 Å². The summed E-state index contributed by atoms with van der Waals surface area (Å²) in [5.41, 5.74) is 1.24. The molecule has 1 aliphatic heterocycles. The van der Waals surface area contributed by atoms with Gasteiger partial charge in [-0.25, -0.2) is 0 Å². The van der Waals surface area contributed by atoms with Gasteiger partial charge in [0.25, 0.3) is 0 Å². The number of nitrogens with zero attached hydrogens (tertiary/aromatic N) is 1. The Bertz CT molecular complexity index is 408. The summed E-state index contributed by atoms with van der Waals surface area (Å²) in [5.74, 6) is -0.179. The number of hydrogen-bond donors (Lipinski definition) is 2. The van der Waals surface area contributed by atoms with E-state index in [-0.39, 0.29) is 12.5 Å². The zero-order valence-corrected chi connectivity index (χ0v) is 11.4. The van der Waals surface area contributed by atoms with Gasteiger partial charge in [0, 0.05) is 25.7 Å². The SMILES string of the molecule is CC1CNCC(CC(=O)O)N(Cc2ccccc2)C1. The lowest BCUT2D eigenvalue weighted by Crippen LogP contribution is -2.41. The van der Waals surface area contributed by atoms with Crippen molar-refractivity contribution in [2.75, 3.05) is 19.6 Å². The van der Waals surface area contributed by atoms with Crippen molar-refractivity contribution in [1.29, 1.82) is 0 Å². The van der Waals surface area contributed by atoms with Gasteiger partial charge < -0.3 is 10.4 Å². The first kappa shape index (κ1) is 14.0. The maximum atomic E-state index is 11.0. The molecule has 1 heterocycles. The molecular weight excluding hydrogens is 240 g/mol. The fourth-order valence-corrected chi connectivity index (χ4v) is 2.65. The molecule has 104 valence electrons. The molecule has 0 aromatic heterocycles. The van der Waals surface area contributed by atoms with E-state index in [2.05, 4.69) is 29.3 Å². The van der Waals surface area contributed by atoms with Gasteiger partial charge in [-0.05, 0) is 18.0 Å². The highest BCUT2D eigenvalue weighted by Crippen LogP contribution is 2.15. The van der Waals surface area contributed by atoms with Gasteiger partial charge in [-0.15, -0.1) is 0 Å². The van der Waals surface area contributed by atoms with Gasteiger partial charge in [-0.2, -0.15) is 0 Å². The number of benzene rings is 1. The van der Waals surface area contributed by atoms with E-state index in [1.165, 1.54) is 5.56 Å². The third-order valence-corrected chi connectivity index (χ3v) is 3.57. The Morgan fingerprint density at radius 3 is 2.79 bits per heavy atom. The lowest BCUT2D eigenvalue weighted by atomic mass is 10.1. The molecular formula is C15H22N2O2. The smallest absolute Gasteiger partial charge is 0.304 e. The zero-order valence-electron chi connectivity index (χ0n) is 11.4. The van der Waals surface area contributed by atoms with E-state index in [0.717, 1.165) is 26.2 Å². The standard InChI is InChI=1S/C15H22N2O2/c1-12-8-16-9-14(7-15(18)19)17(10-12)11-13-5-3-2-4-6-13/h2-6,12,14,16H,7-11H2,1H3,(H,18,19). The molecule has 0 spiro atoms. The van der Waals surface area contributed by atoms with Crippen LogP contribution in [0.3, 0.4) is 0 Å². The number of hydrogen-bond acceptors (Lipinski definition) is 3. The van der Waals surface area contributed by atoms with Crippen LogP contribution in [0.4, 0.5) is 0 Å². The quantitative estimate of drug-likeness (QED) is 0.865. The highest BCUT2D eigenvalue weighted by Gasteiger charge is 2.25. The van der Waals surface area contributed by atoms with Crippen molar-refractivity contribution >= 4 is 5.97 Å². The molecule has 0 radical (unpaired) electrons. The highest BCUT2D eigenvalue weighted by molar-refractivity contribution is 5.67. The van der Waals surface area contributed by atoms with Crippen LogP contribution >= 0.6 is 0 Å². The van der Waals surface area contributed by atoms with Crippen LogP contribution in [-0.2, 0) is 11.3 Å². The summed E-state index contributed by atoms with van der Waals surface area (Å²) in [6.07, 6.45) is 0.201. The third kappa shape index (κ3) is 4.33. The predicted molar refractivity (Wildman–Crippen MR) is 74.9 cm³/mol. The number of nitrogens with one attached hydrogen (secondary N) is 1. The van der Waals surface area contributed by atoms with Crippen molar-refractivity contribution in [3.63, 3.8) is 0 Å². The Morgan fingerprint density at radius 1 is 1.37 bits per heavy atom. The first-order valence-electron chi connectivity index (χ1n) is 6.85. The first-order valence-corrected chi connectivity index (χ1v) is 6.85. The Balaban J connectivity index is 2.08. The second kappa shape index (κ2) is 6.68. The van der Waals surface area contributed by atoms with Gasteiger partial charge in [-0.1, -0.05) is 37.3 Å². The Kier molecular flexibility index (Phi) is 4.93. The van der Waals surface area contributed by atoms with Crippen LogP contribution in [-0.4, -0.2) is 41.7 Å². The van der Waals surface area contributed by atoms with Crippen molar-refractivity contribution in [2.24, 2.45) is 5.92 Å². The minimum Gasteiger partial charge on any atom is -0.481 e. The van der Waals surface area contributed by atoms with E-state index in [1.807, 2.05) is 18.2 Å². The molecule has 4 heteroatoms. The molecule has 1 fully saturated rings. The average molecular weight is 262 g/mol. The van der Waals surface area contributed by atoms with Gasteiger partial charge in [0.15, 0.2) is 0 Å². The molecule has 1 aromatic carbocycles. The van der Waals surface area contributed by atoms with E-state index >= 15 is 0 Å². The lowest BCUT2D eigenvalue weighted by Gasteiger charge is -2.29. The highest BCUT2D eigenvalue weighted by atomic mass is 16.4. The Hall–Kier alpha value is -1.39. The zero-order chi connectivity index (χ0) is 13.7. The first-order chi connectivity index (χ1) is 9.15. The molecule has 0 saturated carbocycles. The van der Waals surface area contributed by atoms with E-state index in [0.29, 0.717) is 5.92 Å². The molecule has 1 aromatic rings. The Morgan fingerprint density at radius 2 is 2.11 bits per heavy atom. The maximum Gasteiger partial charge on any atom is 0.304 e.